The van der Waals surface area contributed by atoms with Crippen LogP contribution in [-0.2, 0) is 4.79 Å². The Bertz CT molecular complexity index is 603. The van der Waals surface area contributed by atoms with Crippen molar-refractivity contribution < 1.29 is 14.7 Å². The third kappa shape index (κ3) is 2.51. The van der Waals surface area contributed by atoms with E-state index in [9.17, 15) is 14.7 Å². The number of nitrogens with two attached hydrogens (primary N) is 1. The molecule has 0 aromatic heterocycles. The van der Waals surface area contributed by atoms with Gasteiger partial charge in [0, 0.05) is 11.1 Å². The van der Waals surface area contributed by atoms with E-state index in [1.54, 1.807) is 6.07 Å². The van der Waals surface area contributed by atoms with Gasteiger partial charge in [-0.1, -0.05) is 11.6 Å². The molecule has 1 aromatic carbocycles. The van der Waals surface area contributed by atoms with Crippen LogP contribution in [0.1, 0.15) is 29.6 Å². The summed E-state index contributed by atoms with van der Waals surface area (Å²) in [5, 5.41) is 12.2. The summed E-state index contributed by atoms with van der Waals surface area (Å²) in [6, 6.07) is 4.29. The molecule has 2 fully saturated rings. The standard InChI is InChI=1S/C15H17ClN2O3/c16-9-3-4-11(10(6-9)15(20)21)18-14(19)12-7-1-2-8(5-7)13(12)17/h3-4,6-8,12-13H,1-2,5,17H2,(H,18,19)(H,20,21). The molecule has 0 aliphatic heterocycles. The number of carboxylic acid groups (broad SMARTS) is 1. The fourth-order valence-electron chi connectivity index (χ4n) is 3.74. The molecular formula is C15H17ClN2O3. The van der Waals surface area contributed by atoms with Crippen LogP contribution in [0, 0.1) is 17.8 Å². The molecule has 5 nitrogen and oxygen atoms in total. The van der Waals surface area contributed by atoms with Crippen LogP contribution in [0.2, 0.25) is 5.02 Å². The fourth-order valence-corrected chi connectivity index (χ4v) is 3.92. The minimum Gasteiger partial charge on any atom is -0.478 e. The van der Waals surface area contributed by atoms with Crippen LogP contribution in [-0.4, -0.2) is 23.0 Å². The van der Waals surface area contributed by atoms with Gasteiger partial charge in [-0.3, -0.25) is 4.79 Å². The first-order valence-electron chi connectivity index (χ1n) is 7.06. The highest BCUT2D eigenvalue weighted by molar-refractivity contribution is 6.31. The number of fused-ring (bicyclic) bond motifs is 2. The van der Waals surface area contributed by atoms with Crippen molar-refractivity contribution >= 4 is 29.2 Å². The van der Waals surface area contributed by atoms with Crippen molar-refractivity contribution in [3.63, 3.8) is 0 Å². The number of carbonyl (C=O) groups excluding carboxylic acids is 1. The maximum absolute atomic E-state index is 12.5. The van der Waals surface area contributed by atoms with E-state index in [2.05, 4.69) is 5.32 Å². The normalized spacial score (nSPS) is 30.4. The highest BCUT2D eigenvalue weighted by atomic mass is 35.5. The summed E-state index contributed by atoms with van der Waals surface area (Å²) in [5.41, 5.74) is 6.41. The molecule has 2 aliphatic carbocycles. The number of benzene rings is 1. The van der Waals surface area contributed by atoms with Crippen molar-refractivity contribution in [1.82, 2.24) is 0 Å². The maximum Gasteiger partial charge on any atom is 0.337 e. The molecular weight excluding hydrogens is 292 g/mol. The molecule has 4 N–H and O–H groups in total. The van der Waals surface area contributed by atoms with Gasteiger partial charge in [0.25, 0.3) is 0 Å². The lowest BCUT2D eigenvalue weighted by Crippen LogP contribution is -2.42. The van der Waals surface area contributed by atoms with E-state index in [1.165, 1.54) is 12.1 Å². The Labute approximate surface area is 127 Å². The second-order valence-electron chi connectivity index (χ2n) is 5.92. The zero-order valence-electron chi connectivity index (χ0n) is 11.4. The number of hydrogen-bond donors (Lipinski definition) is 3. The zero-order valence-corrected chi connectivity index (χ0v) is 12.1. The summed E-state index contributed by atoms with van der Waals surface area (Å²) in [6.45, 7) is 0. The molecule has 0 saturated heterocycles. The third-order valence-corrected chi connectivity index (χ3v) is 4.99. The molecule has 2 aliphatic rings. The number of rotatable bonds is 3. The van der Waals surface area contributed by atoms with Gasteiger partial charge in [0.15, 0.2) is 0 Å². The molecule has 0 radical (unpaired) electrons. The lowest BCUT2D eigenvalue weighted by Gasteiger charge is -2.27. The number of hydrogen-bond acceptors (Lipinski definition) is 3. The van der Waals surface area contributed by atoms with Crippen molar-refractivity contribution in [2.24, 2.45) is 23.5 Å². The van der Waals surface area contributed by atoms with Gasteiger partial charge in [-0.25, -0.2) is 4.79 Å². The lowest BCUT2D eigenvalue weighted by molar-refractivity contribution is -0.121. The minimum atomic E-state index is -1.12. The van der Waals surface area contributed by atoms with E-state index < -0.39 is 5.97 Å². The number of carboxylic acids is 1. The molecule has 0 heterocycles. The van der Waals surface area contributed by atoms with Gasteiger partial charge in [0.2, 0.25) is 5.91 Å². The third-order valence-electron chi connectivity index (χ3n) is 4.75. The van der Waals surface area contributed by atoms with E-state index in [0.29, 0.717) is 16.9 Å². The summed E-state index contributed by atoms with van der Waals surface area (Å²) < 4.78 is 0. The molecule has 1 amide bonds. The Morgan fingerprint density at radius 3 is 2.62 bits per heavy atom. The van der Waals surface area contributed by atoms with Gasteiger partial charge >= 0.3 is 5.97 Å². The largest absolute Gasteiger partial charge is 0.478 e. The zero-order chi connectivity index (χ0) is 15.1. The first kappa shape index (κ1) is 14.4. The van der Waals surface area contributed by atoms with Gasteiger partial charge in [0.1, 0.15) is 0 Å². The lowest BCUT2D eigenvalue weighted by atomic mass is 9.84. The highest BCUT2D eigenvalue weighted by Gasteiger charge is 2.49. The Hall–Kier alpha value is -1.59. The average molecular weight is 309 g/mol. The van der Waals surface area contributed by atoms with Crippen LogP contribution in [0.3, 0.4) is 0 Å². The van der Waals surface area contributed by atoms with Crippen LogP contribution in [0.15, 0.2) is 18.2 Å². The quantitative estimate of drug-likeness (QED) is 0.799. The highest BCUT2D eigenvalue weighted by Crippen LogP contribution is 2.48. The predicted molar refractivity (Wildman–Crippen MR) is 79.3 cm³/mol. The van der Waals surface area contributed by atoms with Crippen molar-refractivity contribution in [2.45, 2.75) is 25.3 Å². The van der Waals surface area contributed by atoms with E-state index in [1.807, 2.05) is 0 Å². The summed E-state index contributed by atoms with van der Waals surface area (Å²) in [7, 11) is 0. The van der Waals surface area contributed by atoms with Gasteiger partial charge < -0.3 is 16.2 Å². The van der Waals surface area contributed by atoms with Gasteiger partial charge in [-0.15, -0.1) is 0 Å². The Balaban J connectivity index is 1.81. The molecule has 21 heavy (non-hydrogen) atoms. The van der Waals surface area contributed by atoms with Crippen LogP contribution >= 0.6 is 11.6 Å². The Morgan fingerprint density at radius 2 is 2.00 bits per heavy atom. The van der Waals surface area contributed by atoms with E-state index in [0.717, 1.165) is 19.3 Å². The van der Waals surface area contributed by atoms with Crippen LogP contribution in [0.5, 0.6) is 0 Å². The number of anilines is 1. The molecule has 6 heteroatoms. The van der Waals surface area contributed by atoms with Gasteiger partial charge in [0.05, 0.1) is 17.2 Å². The van der Waals surface area contributed by atoms with E-state index >= 15 is 0 Å². The summed E-state index contributed by atoms with van der Waals surface area (Å²) in [5.74, 6) is -0.772. The fraction of sp³-hybridized carbons (Fsp3) is 0.467. The molecule has 112 valence electrons. The number of carbonyl (C=O) groups is 2. The number of aromatic carboxylic acids is 1. The number of halogens is 1. The monoisotopic (exact) mass is 308 g/mol. The van der Waals surface area contributed by atoms with Crippen molar-refractivity contribution in [3.8, 4) is 0 Å². The maximum atomic E-state index is 12.5. The van der Waals surface area contributed by atoms with Crippen molar-refractivity contribution in [1.29, 1.82) is 0 Å². The molecule has 0 spiro atoms. The average Bonchev–Trinajstić information content (AvgIpc) is 3.01. The topological polar surface area (TPSA) is 92.4 Å². The van der Waals surface area contributed by atoms with E-state index in [-0.39, 0.29) is 29.1 Å². The molecule has 2 saturated carbocycles. The smallest absolute Gasteiger partial charge is 0.337 e. The SMILES string of the molecule is NC1C2CCC(C2)C1C(=O)Nc1ccc(Cl)cc1C(=O)O. The summed E-state index contributed by atoms with van der Waals surface area (Å²) >= 11 is 5.80. The molecule has 1 aromatic rings. The molecule has 4 unspecified atom stereocenters. The predicted octanol–water partition coefficient (Wildman–Crippen LogP) is 2.35. The van der Waals surface area contributed by atoms with Crippen LogP contribution < -0.4 is 11.1 Å². The van der Waals surface area contributed by atoms with Gasteiger partial charge in [-0.2, -0.15) is 0 Å². The first-order valence-corrected chi connectivity index (χ1v) is 7.44. The second-order valence-corrected chi connectivity index (χ2v) is 6.36. The number of nitrogens with one attached hydrogen (secondary N) is 1. The second kappa shape index (κ2) is 5.31. The Kier molecular flexibility index (Phi) is 3.63. The van der Waals surface area contributed by atoms with Crippen LogP contribution in [0.4, 0.5) is 5.69 Å². The molecule has 3 rings (SSSR count). The van der Waals surface area contributed by atoms with Crippen molar-refractivity contribution in [2.75, 3.05) is 5.32 Å². The van der Waals surface area contributed by atoms with E-state index in [4.69, 9.17) is 17.3 Å². The number of amides is 1. The van der Waals surface area contributed by atoms with Crippen LogP contribution in [0.25, 0.3) is 0 Å². The summed E-state index contributed by atoms with van der Waals surface area (Å²) in [4.78, 5) is 23.7. The Morgan fingerprint density at radius 1 is 1.29 bits per heavy atom. The van der Waals surface area contributed by atoms with Gasteiger partial charge in [-0.05, 0) is 49.3 Å². The molecule has 4 atom stereocenters. The first-order chi connectivity index (χ1) is 9.97. The van der Waals surface area contributed by atoms with Crippen molar-refractivity contribution in [3.05, 3.63) is 28.8 Å². The summed E-state index contributed by atoms with van der Waals surface area (Å²) in [6.07, 6.45) is 3.13. The minimum absolute atomic E-state index is 0.00687. The molecule has 2 bridgehead atoms.